The molecule has 0 saturated carbocycles. The fourth-order valence-electron chi connectivity index (χ4n) is 2.90. The lowest BCUT2D eigenvalue weighted by atomic mass is 10.2. The number of hydrogen-bond acceptors (Lipinski definition) is 3. The van der Waals surface area contributed by atoms with Gasteiger partial charge >= 0.3 is 0 Å². The molecule has 1 amide bonds. The second-order valence-electron chi connectivity index (χ2n) is 6.26. The minimum absolute atomic E-state index is 0.00531. The molecule has 0 saturated heterocycles. The highest BCUT2D eigenvalue weighted by Gasteiger charge is 2.16. The van der Waals surface area contributed by atoms with Crippen LogP contribution in [-0.4, -0.2) is 23.9 Å². The van der Waals surface area contributed by atoms with Gasteiger partial charge in [-0.3, -0.25) is 9.69 Å². The molecule has 0 bridgehead atoms. The molecule has 4 heteroatoms. The Hall–Kier alpha value is -2.59. The van der Waals surface area contributed by atoms with Gasteiger partial charge in [0.15, 0.2) is 0 Å². The van der Waals surface area contributed by atoms with Crippen LogP contribution in [0.1, 0.15) is 31.2 Å². The Morgan fingerprint density at radius 1 is 1.12 bits per heavy atom. The first-order chi connectivity index (χ1) is 12.2. The smallest absolute Gasteiger partial charge is 0.234 e. The zero-order valence-corrected chi connectivity index (χ0v) is 14.7. The van der Waals surface area contributed by atoms with Crippen LogP contribution in [0, 0.1) is 0 Å². The molecule has 4 nitrogen and oxygen atoms in total. The number of hydrogen-bond donors (Lipinski definition) is 1. The third-order valence-corrected chi connectivity index (χ3v) is 4.31. The summed E-state index contributed by atoms with van der Waals surface area (Å²) in [6.45, 7) is 5.98. The van der Waals surface area contributed by atoms with Gasteiger partial charge in [-0.15, -0.1) is 0 Å². The molecular formula is C21H24N2O2. The standard InChI is InChI=1S/C21H24N2O2/c1-3-23(14-17-9-5-4-6-10-17)15-21(24)22-16(2)20-13-18-11-7-8-12-19(18)25-20/h4-13,16H,3,14-15H2,1-2H3,(H,22,24). The highest BCUT2D eigenvalue weighted by atomic mass is 16.3. The summed E-state index contributed by atoms with van der Waals surface area (Å²) < 4.78 is 5.83. The highest BCUT2D eigenvalue weighted by molar-refractivity contribution is 5.80. The molecular weight excluding hydrogens is 312 g/mol. The van der Waals surface area contributed by atoms with Crippen molar-refractivity contribution in [2.75, 3.05) is 13.1 Å². The van der Waals surface area contributed by atoms with E-state index in [4.69, 9.17) is 4.42 Å². The Labute approximate surface area is 148 Å². The van der Waals surface area contributed by atoms with Gasteiger partial charge in [0, 0.05) is 11.9 Å². The van der Waals surface area contributed by atoms with Gasteiger partial charge in [0.1, 0.15) is 11.3 Å². The molecule has 1 unspecified atom stereocenters. The lowest BCUT2D eigenvalue weighted by molar-refractivity contribution is -0.123. The second kappa shape index (κ2) is 7.99. The van der Waals surface area contributed by atoms with Crippen LogP contribution in [0.15, 0.2) is 65.1 Å². The fourth-order valence-corrected chi connectivity index (χ4v) is 2.90. The molecule has 25 heavy (non-hydrogen) atoms. The molecule has 3 aromatic rings. The van der Waals surface area contributed by atoms with Gasteiger partial charge in [-0.25, -0.2) is 0 Å². The quantitative estimate of drug-likeness (QED) is 0.705. The Kier molecular flexibility index (Phi) is 5.51. The monoisotopic (exact) mass is 336 g/mol. The normalized spacial score (nSPS) is 12.4. The Morgan fingerprint density at radius 3 is 2.56 bits per heavy atom. The van der Waals surface area contributed by atoms with Crippen molar-refractivity contribution in [2.24, 2.45) is 0 Å². The van der Waals surface area contributed by atoms with Crippen molar-refractivity contribution in [1.29, 1.82) is 0 Å². The maximum absolute atomic E-state index is 12.4. The van der Waals surface area contributed by atoms with Crippen LogP contribution < -0.4 is 5.32 Å². The van der Waals surface area contributed by atoms with E-state index in [1.165, 1.54) is 5.56 Å². The number of likely N-dealkylation sites (N-methyl/N-ethyl adjacent to an activating group) is 1. The van der Waals surface area contributed by atoms with Crippen molar-refractivity contribution < 1.29 is 9.21 Å². The number of rotatable bonds is 7. The Bertz CT molecular complexity index is 793. The molecule has 3 rings (SSSR count). The van der Waals surface area contributed by atoms with Crippen molar-refractivity contribution in [3.8, 4) is 0 Å². The van der Waals surface area contributed by atoms with E-state index in [-0.39, 0.29) is 11.9 Å². The maximum atomic E-state index is 12.4. The first kappa shape index (κ1) is 17.2. The topological polar surface area (TPSA) is 45.5 Å². The molecule has 1 aromatic heterocycles. The van der Waals surface area contributed by atoms with Gasteiger partial charge in [-0.1, -0.05) is 55.5 Å². The molecule has 0 spiro atoms. The van der Waals surface area contributed by atoms with Crippen molar-refractivity contribution in [1.82, 2.24) is 10.2 Å². The van der Waals surface area contributed by atoms with E-state index in [2.05, 4.69) is 29.3 Å². The molecule has 130 valence electrons. The number of fused-ring (bicyclic) bond motifs is 1. The van der Waals surface area contributed by atoms with Gasteiger partial charge in [0.05, 0.1) is 12.6 Å². The summed E-state index contributed by atoms with van der Waals surface area (Å²) in [7, 11) is 0. The number of furan rings is 1. The molecule has 1 atom stereocenters. The van der Waals surface area contributed by atoms with Crippen LogP contribution in [0.3, 0.4) is 0 Å². The largest absolute Gasteiger partial charge is 0.459 e. The number of carbonyl (C=O) groups excluding carboxylic acids is 1. The fraction of sp³-hybridized carbons (Fsp3) is 0.286. The number of amides is 1. The minimum Gasteiger partial charge on any atom is -0.459 e. The highest BCUT2D eigenvalue weighted by Crippen LogP contribution is 2.23. The number of carbonyl (C=O) groups is 1. The molecule has 0 aliphatic heterocycles. The second-order valence-corrected chi connectivity index (χ2v) is 6.26. The predicted molar refractivity (Wildman–Crippen MR) is 100 cm³/mol. The average molecular weight is 336 g/mol. The Morgan fingerprint density at radius 2 is 1.84 bits per heavy atom. The van der Waals surface area contributed by atoms with Crippen molar-refractivity contribution in [3.63, 3.8) is 0 Å². The molecule has 0 aliphatic rings. The van der Waals surface area contributed by atoms with Gasteiger partial charge in [0.2, 0.25) is 5.91 Å². The first-order valence-electron chi connectivity index (χ1n) is 8.70. The van der Waals surface area contributed by atoms with E-state index < -0.39 is 0 Å². The van der Waals surface area contributed by atoms with Gasteiger partial charge < -0.3 is 9.73 Å². The third-order valence-electron chi connectivity index (χ3n) is 4.31. The number of benzene rings is 2. The summed E-state index contributed by atoms with van der Waals surface area (Å²) in [5.74, 6) is 0.784. The van der Waals surface area contributed by atoms with Gasteiger partial charge in [-0.05, 0) is 31.2 Å². The summed E-state index contributed by atoms with van der Waals surface area (Å²) in [4.78, 5) is 14.5. The first-order valence-corrected chi connectivity index (χ1v) is 8.70. The molecule has 2 aromatic carbocycles. The summed E-state index contributed by atoms with van der Waals surface area (Å²) in [5, 5.41) is 4.09. The molecule has 1 N–H and O–H groups in total. The van der Waals surface area contributed by atoms with E-state index in [9.17, 15) is 4.79 Å². The van der Waals surface area contributed by atoms with E-state index in [1.807, 2.05) is 55.5 Å². The number of para-hydroxylation sites is 1. The lowest BCUT2D eigenvalue weighted by Gasteiger charge is -2.21. The Balaban J connectivity index is 1.58. The van der Waals surface area contributed by atoms with Crippen LogP contribution in [-0.2, 0) is 11.3 Å². The maximum Gasteiger partial charge on any atom is 0.234 e. The minimum atomic E-state index is -0.157. The zero-order chi connectivity index (χ0) is 17.6. The summed E-state index contributed by atoms with van der Waals surface area (Å²) in [5.41, 5.74) is 2.06. The number of nitrogens with one attached hydrogen (secondary N) is 1. The van der Waals surface area contributed by atoms with Crippen LogP contribution >= 0.6 is 0 Å². The molecule has 1 heterocycles. The third kappa shape index (κ3) is 4.48. The van der Waals surface area contributed by atoms with Gasteiger partial charge in [0.25, 0.3) is 0 Å². The average Bonchev–Trinajstić information content (AvgIpc) is 3.06. The van der Waals surface area contributed by atoms with Crippen LogP contribution in [0.25, 0.3) is 11.0 Å². The zero-order valence-electron chi connectivity index (χ0n) is 14.7. The van der Waals surface area contributed by atoms with Gasteiger partial charge in [-0.2, -0.15) is 0 Å². The van der Waals surface area contributed by atoms with E-state index in [0.717, 1.165) is 29.8 Å². The summed E-state index contributed by atoms with van der Waals surface area (Å²) in [6.07, 6.45) is 0. The molecule has 0 fully saturated rings. The van der Waals surface area contributed by atoms with Crippen LogP contribution in [0.2, 0.25) is 0 Å². The van der Waals surface area contributed by atoms with Crippen LogP contribution in [0.5, 0.6) is 0 Å². The summed E-state index contributed by atoms with van der Waals surface area (Å²) >= 11 is 0. The van der Waals surface area contributed by atoms with Crippen LogP contribution in [0.4, 0.5) is 0 Å². The molecule has 0 radical (unpaired) electrons. The SMILES string of the molecule is CCN(CC(=O)NC(C)c1cc2ccccc2o1)Cc1ccccc1. The number of nitrogens with zero attached hydrogens (tertiary/aromatic N) is 1. The van der Waals surface area contributed by atoms with Crippen molar-refractivity contribution >= 4 is 16.9 Å². The van der Waals surface area contributed by atoms with E-state index in [0.29, 0.717) is 6.54 Å². The lowest BCUT2D eigenvalue weighted by Crippen LogP contribution is -2.37. The van der Waals surface area contributed by atoms with Crippen molar-refractivity contribution in [2.45, 2.75) is 26.4 Å². The van der Waals surface area contributed by atoms with E-state index >= 15 is 0 Å². The molecule has 0 aliphatic carbocycles. The van der Waals surface area contributed by atoms with Crippen molar-refractivity contribution in [3.05, 3.63) is 72.0 Å². The summed E-state index contributed by atoms with van der Waals surface area (Å²) in [6, 6.07) is 19.9. The predicted octanol–water partition coefficient (Wildman–Crippen LogP) is 4.13. The van der Waals surface area contributed by atoms with E-state index in [1.54, 1.807) is 0 Å².